The van der Waals surface area contributed by atoms with Crippen LogP contribution in [0.25, 0.3) is 17.2 Å². The Morgan fingerprint density at radius 2 is 1.93 bits per heavy atom. The number of amides is 2. The van der Waals surface area contributed by atoms with E-state index in [1.54, 1.807) is 12.3 Å². The Bertz CT molecular complexity index is 968. The molecule has 2 amide bonds. The lowest BCUT2D eigenvalue weighted by Crippen LogP contribution is -2.33. The van der Waals surface area contributed by atoms with Crippen molar-refractivity contribution in [2.24, 2.45) is 5.73 Å². The van der Waals surface area contributed by atoms with Crippen molar-refractivity contribution >= 4 is 34.4 Å². The van der Waals surface area contributed by atoms with Crippen molar-refractivity contribution in [2.75, 3.05) is 12.8 Å². The fourth-order valence-corrected chi connectivity index (χ4v) is 3.85. The number of nitrogens with zero attached hydrogens (tertiary/aromatic N) is 1. The van der Waals surface area contributed by atoms with Gasteiger partial charge in [-0.2, -0.15) is 0 Å². The van der Waals surface area contributed by atoms with E-state index in [2.05, 4.69) is 0 Å². The molecule has 3 N–H and O–H groups in total. The van der Waals surface area contributed by atoms with Gasteiger partial charge in [-0.25, -0.2) is 14.2 Å². The second-order valence-electron chi connectivity index (χ2n) is 6.59. The largest absolute Gasteiger partial charge is 0.612 e. The molecule has 1 atom stereocenters. The third-order valence-electron chi connectivity index (χ3n) is 4.80. The molecule has 0 spiro atoms. The maximum absolute atomic E-state index is 13.9. The highest BCUT2D eigenvalue weighted by atomic mass is 32.2. The number of allylic oxidation sites excluding steroid dienone is 2. The lowest BCUT2D eigenvalue weighted by atomic mass is 10.0. The van der Waals surface area contributed by atoms with E-state index in [9.17, 15) is 18.9 Å². The van der Waals surface area contributed by atoms with E-state index in [4.69, 9.17) is 5.73 Å². The van der Waals surface area contributed by atoms with E-state index in [0.717, 1.165) is 38.3 Å². The van der Waals surface area contributed by atoms with Gasteiger partial charge in [-0.15, -0.1) is 0 Å². The Morgan fingerprint density at radius 3 is 2.54 bits per heavy atom. The van der Waals surface area contributed by atoms with E-state index >= 15 is 0 Å². The van der Waals surface area contributed by atoms with E-state index < -0.39 is 17.2 Å². The van der Waals surface area contributed by atoms with Crippen LogP contribution < -0.4 is 5.73 Å². The molecule has 7 heteroatoms. The number of hydrogen-bond acceptors (Lipinski definition) is 3. The summed E-state index contributed by atoms with van der Waals surface area (Å²) in [5.74, 6) is -0.351. The van der Waals surface area contributed by atoms with Crippen LogP contribution in [0.1, 0.15) is 30.0 Å². The number of hydroxylamine groups is 2. The minimum absolute atomic E-state index is 0.0161. The van der Waals surface area contributed by atoms with Crippen LogP contribution in [-0.2, 0) is 11.2 Å². The molecular formula is C21H21FN2O3S. The van der Waals surface area contributed by atoms with Crippen LogP contribution in [0.2, 0.25) is 0 Å². The Morgan fingerprint density at radius 1 is 1.25 bits per heavy atom. The zero-order valence-electron chi connectivity index (χ0n) is 15.6. The van der Waals surface area contributed by atoms with E-state index in [0.29, 0.717) is 11.5 Å². The lowest BCUT2D eigenvalue weighted by molar-refractivity contribution is -0.0372. The van der Waals surface area contributed by atoms with Crippen LogP contribution in [0.15, 0.2) is 52.9 Å². The SMILES string of the molecule is CC1=C(CCN(O)C(N)=O)c2cc(F)ccc2/C1=C/c1ccc([S+](C)[O-])cc1. The second kappa shape index (κ2) is 8.18. The van der Waals surface area contributed by atoms with Gasteiger partial charge in [0.25, 0.3) is 0 Å². The number of halogens is 1. The molecule has 0 aromatic heterocycles. The van der Waals surface area contributed by atoms with Crippen molar-refractivity contribution in [2.45, 2.75) is 18.2 Å². The first-order valence-electron chi connectivity index (χ1n) is 8.69. The summed E-state index contributed by atoms with van der Waals surface area (Å²) in [5.41, 5.74) is 10.4. The fraction of sp³-hybridized carbons (Fsp3) is 0.190. The lowest BCUT2D eigenvalue weighted by Gasteiger charge is -2.13. The highest BCUT2D eigenvalue weighted by Crippen LogP contribution is 2.43. The summed E-state index contributed by atoms with van der Waals surface area (Å²) in [6.07, 6.45) is 3.96. The fourth-order valence-electron chi connectivity index (χ4n) is 3.33. The zero-order chi connectivity index (χ0) is 20.4. The second-order valence-corrected chi connectivity index (χ2v) is 7.97. The quantitative estimate of drug-likeness (QED) is 0.451. The molecule has 0 fully saturated rings. The minimum Gasteiger partial charge on any atom is -0.612 e. The van der Waals surface area contributed by atoms with E-state index in [-0.39, 0.29) is 12.4 Å². The summed E-state index contributed by atoms with van der Waals surface area (Å²) in [6.45, 7) is 1.95. The first-order valence-corrected chi connectivity index (χ1v) is 10.2. The maximum atomic E-state index is 13.9. The Hall–Kier alpha value is -2.61. The van der Waals surface area contributed by atoms with Gasteiger partial charge in [0.1, 0.15) is 12.1 Å². The van der Waals surface area contributed by atoms with Gasteiger partial charge in [0.05, 0.1) is 6.54 Å². The number of urea groups is 1. The van der Waals surface area contributed by atoms with Crippen LogP contribution in [-0.4, -0.2) is 33.7 Å². The predicted octanol–water partition coefficient (Wildman–Crippen LogP) is 4.05. The number of hydrogen-bond donors (Lipinski definition) is 2. The van der Waals surface area contributed by atoms with Crippen molar-refractivity contribution in [3.8, 4) is 0 Å². The minimum atomic E-state index is -1.04. The smallest absolute Gasteiger partial charge is 0.338 e. The molecular weight excluding hydrogens is 379 g/mol. The maximum Gasteiger partial charge on any atom is 0.338 e. The average molecular weight is 400 g/mol. The number of carbonyl (C=O) groups excluding carboxylic acids is 1. The number of carbonyl (C=O) groups is 1. The van der Waals surface area contributed by atoms with Gasteiger partial charge < -0.3 is 10.3 Å². The van der Waals surface area contributed by atoms with Crippen molar-refractivity contribution < 1.29 is 18.9 Å². The van der Waals surface area contributed by atoms with Crippen LogP contribution >= 0.6 is 0 Å². The van der Waals surface area contributed by atoms with E-state index in [1.165, 1.54) is 12.1 Å². The number of rotatable bonds is 5. The highest BCUT2D eigenvalue weighted by Gasteiger charge is 2.24. The summed E-state index contributed by atoms with van der Waals surface area (Å²) in [6, 6.07) is 11.1. The summed E-state index contributed by atoms with van der Waals surface area (Å²) in [4.78, 5) is 11.8. The van der Waals surface area contributed by atoms with Crippen molar-refractivity contribution in [3.63, 3.8) is 0 Å². The van der Waals surface area contributed by atoms with Crippen LogP contribution in [0, 0.1) is 5.82 Å². The number of fused-ring (bicyclic) bond motifs is 1. The molecule has 1 unspecified atom stereocenters. The van der Waals surface area contributed by atoms with Gasteiger partial charge in [0, 0.05) is 0 Å². The van der Waals surface area contributed by atoms with Gasteiger partial charge in [-0.05, 0) is 100 Å². The van der Waals surface area contributed by atoms with Gasteiger partial charge in [-0.3, -0.25) is 5.21 Å². The molecule has 2 aromatic rings. The molecule has 0 bridgehead atoms. The van der Waals surface area contributed by atoms with Gasteiger partial charge in [0.2, 0.25) is 0 Å². The summed E-state index contributed by atoms with van der Waals surface area (Å²) < 4.78 is 25.4. The molecule has 0 saturated carbocycles. The normalized spacial score (nSPS) is 15.7. The summed E-state index contributed by atoms with van der Waals surface area (Å²) in [7, 11) is 0. The molecule has 1 aliphatic carbocycles. The van der Waals surface area contributed by atoms with Crippen LogP contribution in [0.4, 0.5) is 9.18 Å². The summed E-state index contributed by atoms with van der Waals surface area (Å²) >= 11 is -1.04. The van der Waals surface area contributed by atoms with Crippen LogP contribution in [0.5, 0.6) is 0 Å². The van der Waals surface area contributed by atoms with Crippen molar-refractivity contribution in [1.29, 1.82) is 0 Å². The number of primary amides is 1. The molecule has 5 nitrogen and oxygen atoms in total. The van der Waals surface area contributed by atoms with Gasteiger partial charge >= 0.3 is 6.03 Å². The van der Waals surface area contributed by atoms with Gasteiger partial charge in [0.15, 0.2) is 4.90 Å². The highest BCUT2D eigenvalue weighted by molar-refractivity contribution is 7.90. The monoisotopic (exact) mass is 400 g/mol. The topological polar surface area (TPSA) is 89.6 Å². The Balaban J connectivity index is 1.99. The molecule has 0 aliphatic heterocycles. The molecule has 146 valence electrons. The number of benzene rings is 2. The molecule has 0 heterocycles. The average Bonchev–Trinajstić information content (AvgIpc) is 2.90. The first-order chi connectivity index (χ1) is 13.3. The summed E-state index contributed by atoms with van der Waals surface area (Å²) in [5, 5.41) is 10.0. The molecule has 28 heavy (non-hydrogen) atoms. The standard InChI is InChI=1S/C21H21FN2O3S/c1-13-17(9-10-24(26)21(23)25)20-12-15(22)5-8-18(20)19(13)11-14-3-6-16(7-4-14)28(2)27/h3-8,11-12,26H,9-10H2,1-2H3,(H2,23,25)/b19-11+. The predicted molar refractivity (Wildman–Crippen MR) is 108 cm³/mol. The Labute approximate surface area is 166 Å². The Kier molecular flexibility index (Phi) is 5.88. The molecule has 1 aliphatic rings. The number of nitrogens with two attached hydrogens (primary N) is 1. The zero-order valence-corrected chi connectivity index (χ0v) is 16.4. The van der Waals surface area contributed by atoms with E-state index in [1.807, 2.05) is 37.3 Å². The third-order valence-corrected chi connectivity index (χ3v) is 5.74. The van der Waals surface area contributed by atoms with Crippen molar-refractivity contribution in [3.05, 3.63) is 70.5 Å². The van der Waals surface area contributed by atoms with Gasteiger partial charge in [-0.1, -0.05) is 6.07 Å². The third kappa shape index (κ3) is 4.11. The van der Waals surface area contributed by atoms with Crippen molar-refractivity contribution in [1.82, 2.24) is 5.06 Å². The first kappa shape index (κ1) is 20.1. The molecule has 2 aromatic carbocycles. The molecule has 0 radical (unpaired) electrons. The van der Waals surface area contributed by atoms with Crippen LogP contribution in [0.3, 0.4) is 0 Å². The molecule has 0 saturated heterocycles. The molecule has 3 rings (SSSR count).